The second-order valence-electron chi connectivity index (χ2n) is 5.28. The van der Waals surface area contributed by atoms with Gasteiger partial charge in [-0.15, -0.1) is 0 Å². The Labute approximate surface area is 128 Å². The van der Waals surface area contributed by atoms with Crippen LogP contribution in [0.25, 0.3) is 0 Å². The summed E-state index contributed by atoms with van der Waals surface area (Å²) in [5.41, 5.74) is 1.45. The van der Waals surface area contributed by atoms with Crippen molar-refractivity contribution in [3.05, 3.63) is 54.0 Å². The zero-order valence-corrected chi connectivity index (χ0v) is 12.2. The van der Waals surface area contributed by atoms with Gasteiger partial charge in [-0.05, 0) is 42.8 Å². The van der Waals surface area contributed by atoms with E-state index in [0.29, 0.717) is 24.9 Å². The van der Waals surface area contributed by atoms with Gasteiger partial charge < -0.3 is 14.6 Å². The van der Waals surface area contributed by atoms with Crippen LogP contribution in [0, 0.1) is 0 Å². The van der Waals surface area contributed by atoms with Crippen molar-refractivity contribution in [3.63, 3.8) is 0 Å². The second-order valence-corrected chi connectivity index (χ2v) is 5.28. The van der Waals surface area contributed by atoms with Gasteiger partial charge in [0.25, 0.3) is 5.91 Å². The van der Waals surface area contributed by atoms with Gasteiger partial charge >= 0.3 is 0 Å². The smallest absolute Gasteiger partial charge is 0.251 e. The Morgan fingerprint density at radius 3 is 2.68 bits per heavy atom. The normalized spacial score (nSPS) is 14.4. The largest absolute Gasteiger partial charge is 0.469 e. The summed E-state index contributed by atoms with van der Waals surface area (Å²) in [4.78, 5) is 25.5. The molecule has 1 saturated heterocycles. The molecule has 1 N–H and O–H groups in total. The lowest BCUT2D eigenvalue weighted by Gasteiger charge is -2.15. The molecule has 0 radical (unpaired) electrons. The minimum atomic E-state index is -0.120. The fourth-order valence-corrected chi connectivity index (χ4v) is 2.57. The molecule has 2 amide bonds. The lowest BCUT2D eigenvalue weighted by Crippen LogP contribution is -2.26. The van der Waals surface area contributed by atoms with Gasteiger partial charge in [-0.1, -0.05) is 0 Å². The maximum atomic E-state index is 12.0. The van der Waals surface area contributed by atoms with E-state index in [2.05, 4.69) is 5.32 Å². The van der Waals surface area contributed by atoms with Crippen molar-refractivity contribution in [3.8, 4) is 0 Å². The number of hydrogen-bond acceptors (Lipinski definition) is 3. The van der Waals surface area contributed by atoms with Crippen LogP contribution in [-0.2, 0) is 11.2 Å². The van der Waals surface area contributed by atoms with E-state index < -0.39 is 0 Å². The third kappa shape index (κ3) is 3.19. The highest BCUT2D eigenvalue weighted by Crippen LogP contribution is 2.21. The quantitative estimate of drug-likeness (QED) is 0.922. The molecule has 0 aliphatic carbocycles. The predicted octanol–water partition coefficient (Wildman–Crippen LogP) is 2.38. The van der Waals surface area contributed by atoms with E-state index in [1.165, 1.54) is 0 Å². The Morgan fingerprint density at radius 2 is 2.05 bits per heavy atom. The molecule has 2 aromatic rings. The van der Waals surface area contributed by atoms with Gasteiger partial charge in [-0.25, -0.2) is 0 Å². The molecule has 114 valence electrons. The zero-order valence-electron chi connectivity index (χ0n) is 12.2. The predicted molar refractivity (Wildman–Crippen MR) is 82.8 cm³/mol. The molecule has 0 spiro atoms. The first-order chi connectivity index (χ1) is 10.7. The van der Waals surface area contributed by atoms with Crippen LogP contribution in [0.1, 0.15) is 29.0 Å². The van der Waals surface area contributed by atoms with Crippen molar-refractivity contribution in [2.45, 2.75) is 19.3 Å². The molecule has 5 nitrogen and oxygen atoms in total. The average Bonchev–Trinajstić information content (AvgIpc) is 3.19. The molecule has 0 bridgehead atoms. The van der Waals surface area contributed by atoms with E-state index in [1.807, 2.05) is 24.3 Å². The van der Waals surface area contributed by atoms with Crippen molar-refractivity contribution in [1.29, 1.82) is 0 Å². The summed E-state index contributed by atoms with van der Waals surface area (Å²) >= 11 is 0. The number of hydrogen-bond donors (Lipinski definition) is 1. The fraction of sp³-hybridized carbons (Fsp3) is 0.294. The molecule has 3 rings (SSSR count). The van der Waals surface area contributed by atoms with E-state index in [1.54, 1.807) is 23.3 Å². The monoisotopic (exact) mass is 298 g/mol. The van der Waals surface area contributed by atoms with Crippen molar-refractivity contribution in [2.75, 3.05) is 18.0 Å². The first-order valence-corrected chi connectivity index (χ1v) is 7.45. The van der Waals surface area contributed by atoms with Crippen LogP contribution in [0.15, 0.2) is 47.1 Å². The minimum Gasteiger partial charge on any atom is -0.469 e. The molecular weight excluding hydrogens is 280 g/mol. The summed E-state index contributed by atoms with van der Waals surface area (Å²) in [5.74, 6) is 0.879. The Balaban J connectivity index is 1.55. The third-order valence-electron chi connectivity index (χ3n) is 3.75. The Kier molecular flexibility index (Phi) is 4.23. The average molecular weight is 298 g/mol. The number of rotatable bonds is 5. The standard InChI is InChI=1S/C17H18N2O3/c20-16-4-1-11-19(16)14-7-5-13(6-8-14)17(21)18-10-9-15-3-2-12-22-15/h2-3,5-8,12H,1,4,9-11H2,(H,18,21). The Morgan fingerprint density at radius 1 is 1.23 bits per heavy atom. The molecule has 2 heterocycles. The number of carbonyl (C=O) groups excluding carboxylic acids is 2. The SMILES string of the molecule is O=C(NCCc1ccco1)c1ccc(N2CCCC2=O)cc1. The van der Waals surface area contributed by atoms with Gasteiger partial charge in [0.05, 0.1) is 6.26 Å². The van der Waals surface area contributed by atoms with Crippen molar-refractivity contribution < 1.29 is 14.0 Å². The lowest BCUT2D eigenvalue weighted by atomic mass is 10.2. The molecule has 1 aliphatic heterocycles. The van der Waals surface area contributed by atoms with Gasteiger partial charge in [-0.3, -0.25) is 9.59 Å². The number of furan rings is 1. The molecule has 0 saturated carbocycles. The molecule has 0 unspecified atom stereocenters. The topological polar surface area (TPSA) is 62.6 Å². The number of benzene rings is 1. The van der Waals surface area contributed by atoms with Crippen LogP contribution in [0.2, 0.25) is 0 Å². The molecular formula is C17H18N2O3. The van der Waals surface area contributed by atoms with Gasteiger partial charge in [0.15, 0.2) is 0 Å². The molecule has 1 aromatic carbocycles. The number of nitrogens with one attached hydrogen (secondary N) is 1. The van der Waals surface area contributed by atoms with Crippen molar-refractivity contribution >= 4 is 17.5 Å². The van der Waals surface area contributed by atoms with Gasteiger partial charge in [0.2, 0.25) is 5.91 Å². The fourth-order valence-electron chi connectivity index (χ4n) is 2.57. The molecule has 22 heavy (non-hydrogen) atoms. The van der Waals surface area contributed by atoms with E-state index in [9.17, 15) is 9.59 Å². The number of amides is 2. The molecule has 1 aliphatic rings. The number of nitrogens with zero attached hydrogens (tertiary/aromatic N) is 1. The molecule has 0 atom stereocenters. The molecule has 1 aromatic heterocycles. The van der Waals surface area contributed by atoms with Crippen LogP contribution >= 0.6 is 0 Å². The summed E-state index contributed by atoms with van der Waals surface area (Å²) in [6.07, 6.45) is 3.79. The van der Waals surface area contributed by atoms with Crippen LogP contribution in [0.3, 0.4) is 0 Å². The highest BCUT2D eigenvalue weighted by atomic mass is 16.3. The Bertz CT molecular complexity index is 647. The van der Waals surface area contributed by atoms with Gasteiger partial charge in [0, 0.05) is 37.2 Å². The summed E-state index contributed by atoms with van der Waals surface area (Å²) in [6, 6.07) is 10.9. The first-order valence-electron chi connectivity index (χ1n) is 7.45. The summed E-state index contributed by atoms with van der Waals surface area (Å²) in [7, 11) is 0. The second kappa shape index (κ2) is 6.47. The number of anilines is 1. The van der Waals surface area contributed by atoms with Crippen molar-refractivity contribution in [2.24, 2.45) is 0 Å². The van der Waals surface area contributed by atoms with E-state index in [4.69, 9.17) is 4.42 Å². The highest BCUT2D eigenvalue weighted by Gasteiger charge is 2.21. The van der Waals surface area contributed by atoms with Gasteiger partial charge in [-0.2, -0.15) is 0 Å². The maximum absolute atomic E-state index is 12.0. The third-order valence-corrected chi connectivity index (χ3v) is 3.75. The van der Waals surface area contributed by atoms with Crippen LogP contribution < -0.4 is 10.2 Å². The lowest BCUT2D eigenvalue weighted by molar-refractivity contribution is -0.117. The zero-order chi connectivity index (χ0) is 15.4. The summed E-state index contributed by atoms with van der Waals surface area (Å²) < 4.78 is 5.22. The van der Waals surface area contributed by atoms with Gasteiger partial charge in [0.1, 0.15) is 5.76 Å². The minimum absolute atomic E-state index is 0.120. The van der Waals surface area contributed by atoms with E-state index in [-0.39, 0.29) is 11.8 Å². The highest BCUT2D eigenvalue weighted by molar-refractivity contribution is 5.97. The molecule has 5 heteroatoms. The van der Waals surface area contributed by atoms with E-state index >= 15 is 0 Å². The van der Waals surface area contributed by atoms with Crippen LogP contribution in [0.5, 0.6) is 0 Å². The first kappa shape index (κ1) is 14.4. The summed E-state index contributed by atoms with van der Waals surface area (Å²) in [5, 5.41) is 2.86. The van der Waals surface area contributed by atoms with Crippen LogP contribution in [0.4, 0.5) is 5.69 Å². The molecule has 1 fully saturated rings. The number of carbonyl (C=O) groups is 2. The Hall–Kier alpha value is -2.56. The van der Waals surface area contributed by atoms with Crippen LogP contribution in [-0.4, -0.2) is 24.9 Å². The summed E-state index contributed by atoms with van der Waals surface area (Å²) in [6.45, 7) is 1.28. The van der Waals surface area contributed by atoms with E-state index in [0.717, 1.165) is 24.4 Å². The maximum Gasteiger partial charge on any atom is 0.251 e. The van der Waals surface area contributed by atoms with Crippen molar-refractivity contribution in [1.82, 2.24) is 5.32 Å².